The lowest BCUT2D eigenvalue weighted by Gasteiger charge is -2.20. The Bertz CT molecular complexity index is 2560. The fourth-order valence-corrected chi connectivity index (χ4v) is 7.17. The third-order valence-electron chi connectivity index (χ3n) is 9.75. The van der Waals surface area contributed by atoms with Gasteiger partial charge in [-0.2, -0.15) is 0 Å². The van der Waals surface area contributed by atoms with E-state index in [0.717, 1.165) is 12.0 Å². The number of pyridine rings is 2. The predicted molar refractivity (Wildman–Crippen MR) is 232 cm³/mol. The Balaban J connectivity index is 0.000000242. The zero-order valence-electron chi connectivity index (χ0n) is 42.5. The van der Waals surface area contributed by atoms with E-state index in [1.54, 1.807) is 44.5 Å². The molecular weight excluding hydrogens is 653 g/mol. The zero-order chi connectivity index (χ0) is 46.3. The van der Waals surface area contributed by atoms with Crippen molar-refractivity contribution >= 4 is 0 Å². The molecule has 280 valence electrons. The molecule has 0 aliphatic heterocycles. The zero-order valence-corrected chi connectivity index (χ0v) is 34.5. The highest BCUT2D eigenvalue weighted by atomic mass is 14.9. The summed E-state index contributed by atoms with van der Waals surface area (Å²) in [6, 6.07) is 32.1. The molecule has 6 aromatic rings. The van der Waals surface area contributed by atoms with Gasteiger partial charge in [0.15, 0.2) is 12.4 Å². The van der Waals surface area contributed by atoms with Crippen molar-refractivity contribution in [1.82, 2.24) is 0 Å². The second-order valence-electron chi connectivity index (χ2n) is 17.1. The molecule has 2 aromatic heterocycles. The van der Waals surface area contributed by atoms with Gasteiger partial charge in [-0.15, -0.1) is 0 Å². The second-order valence-corrected chi connectivity index (χ2v) is 17.1. The first-order valence-electron chi connectivity index (χ1n) is 22.9. The highest BCUT2D eigenvalue weighted by Gasteiger charge is 2.22. The topological polar surface area (TPSA) is 7.76 Å². The van der Waals surface area contributed by atoms with Gasteiger partial charge in [-0.05, 0) is 133 Å². The molecule has 0 radical (unpaired) electrons. The van der Waals surface area contributed by atoms with Crippen LogP contribution in [0.5, 0.6) is 0 Å². The minimum Gasteiger partial charge on any atom is -0.201 e. The van der Waals surface area contributed by atoms with Crippen LogP contribution >= 0.6 is 0 Å². The number of hydrogen-bond acceptors (Lipinski definition) is 0. The molecule has 2 heterocycles. The number of benzene rings is 4. The van der Waals surface area contributed by atoms with Crippen LogP contribution < -0.4 is 9.13 Å². The first-order valence-corrected chi connectivity index (χ1v) is 18.9. The van der Waals surface area contributed by atoms with E-state index < -0.39 is 25.5 Å². The molecule has 0 atom stereocenters. The molecular formula is C52H64N2+2. The molecule has 0 saturated heterocycles. The van der Waals surface area contributed by atoms with Crippen LogP contribution in [0.3, 0.4) is 0 Å². The van der Waals surface area contributed by atoms with Crippen molar-refractivity contribution in [2.45, 2.75) is 95.7 Å². The van der Waals surface area contributed by atoms with Crippen molar-refractivity contribution in [3.8, 4) is 44.8 Å². The Kier molecular flexibility index (Phi) is 9.19. The Morgan fingerprint density at radius 2 is 0.907 bits per heavy atom. The summed E-state index contributed by atoms with van der Waals surface area (Å²) in [4.78, 5) is 0. The van der Waals surface area contributed by atoms with Crippen LogP contribution in [0.1, 0.15) is 97.0 Å². The van der Waals surface area contributed by atoms with E-state index in [0.29, 0.717) is 22.4 Å². The Labute approximate surface area is 338 Å². The fourth-order valence-electron chi connectivity index (χ4n) is 7.17. The lowest BCUT2D eigenvalue weighted by molar-refractivity contribution is -0.660. The van der Waals surface area contributed by atoms with Gasteiger partial charge in [-0.3, -0.25) is 0 Å². The normalized spacial score (nSPS) is 14.6. The van der Waals surface area contributed by atoms with E-state index in [1.807, 2.05) is 43.3 Å². The average molecular weight is 725 g/mol. The van der Waals surface area contributed by atoms with Crippen molar-refractivity contribution < 1.29 is 20.1 Å². The lowest BCUT2D eigenvalue weighted by atomic mass is 9.86. The molecule has 6 rings (SSSR count). The molecule has 0 aliphatic rings. The van der Waals surface area contributed by atoms with Gasteiger partial charge in [-0.25, -0.2) is 9.13 Å². The van der Waals surface area contributed by atoms with E-state index >= 15 is 0 Å². The second kappa shape index (κ2) is 16.3. The maximum atomic E-state index is 8.85. The molecule has 54 heavy (non-hydrogen) atoms. The molecule has 0 N–H and O–H groups in total. The van der Waals surface area contributed by atoms with E-state index in [2.05, 4.69) is 108 Å². The van der Waals surface area contributed by atoms with Crippen LogP contribution in [-0.4, -0.2) is 0 Å². The van der Waals surface area contributed by atoms with E-state index in [1.165, 1.54) is 50.8 Å². The van der Waals surface area contributed by atoms with Crippen molar-refractivity contribution in [3.63, 3.8) is 0 Å². The van der Waals surface area contributed by atoms with E-state index in [-0.39, 0.29) is 22.1 Å². The summed E-state index contributed by atoms with van der Waals surface area (Å²) in [5, 5.41) is 0. The van der Waals surface area contributed by atoms with Gasteiger partial charge in [0, 0.05) is 45.4 Å². The quantitative estimate of drug-likeness (QED) is 0.151. The molecule has 0 unspecified atom stereocenters. The van der Waals surface area contributed by atoms with E-state index in [4.69, 9.17) is 11.0 Å². The SMILES string of the molecule is Cc1c[n+](C)c(-c2cc(-c3ccccc3)c(C)cc2C)cc1CC(C)(C)C.[2H]C([2H])([2H])c1cc(C)c(-c2cc(C([2H])([2H])C(C)(C)C)c(C([2H])([2H])[2H])c[n+]2C)cc1-c1ccccc1. The first kappa shape index (κ1) is 30.5. The summed E-state index contributed by atoms with van der Waals surface area (Å²) in [6.45, 7) is 15.8. The van der Waals surface area contributed by atoms with E-state index in [9.17, 15) is 0 Å². The first-order chi connectivity index (χ1) is 28.5. The van der Waals surface area contributed by atoms with Crippen LogP contribution in [0.15, 0.2) is 109 Å². The molecule has 2 heteroatoms. The number of aryl methyl sites for hydroxylation is 8. The monoisotopic (exact) mass is 725 g/mol. The Hall–Kier alpha value is -4.82. The largest absolute Gasteiger partial charge is 0.212 e. The Morgan fingerprint density at radius 1 is 0.481 bits per heavy atom. The number of aromatic nitrogens is 2. The smallest absolute Gasteiger partial charge is 0.201 e. The maximum Gasteiger partial charge on any atom is 0.212 e. The van der Waals surface area contributed by atoms with Gasteiger partial charge >= 0.3 is 0 Å². The Morgan fingerprint density at radius 3 is 1.37 bits per heavy atom. The van der Waals surface area contributed by atoms with Crippen LogP contribution in [0.25, 0.3) is 44.8 Å². The standard InChI is InChI=1S/2C26H32N/c2*1-18-13-19(2)24(15-23(18)21-11-9-8-10-12-21)25-14-22(16-26(4,5)6)20(3)17-27(25)7/h2*8-15,17H,16H2,1-7H3/q2*+1/i1D3,3D3,16D2;. The summed E-state index contributed by atoms with van der Waals surface area (Å²) >= 11 is 0. The average Bonchev–Trinajstić information content (AvgIpc) is 3.15. The van der Waals surface area contributed by atoms with Gasteiger partial charge in [0.25, 0.3) is 0 Å². The molecule has 4 aromatic carbocycles. The number of rotatable bonds is 6. The number of hydrogen-bond donors (Lipinski definition) is 0. The van der Waals surface area contributed by atoms with Crippen LogP contribution in [-0.2, 0) is 26.9 Å². The molecule has 2 nitrogen and oxygen atoms in total. The fraction of sp³-hybridized carbons (Fsp3) is 0.346. The maximum absolute atomic E-state index is 8.85. The highest BCUT2D eigenvalue weighted by Crippen LogP contribution is 2.34. The van der Waals surface area contributed by atoms with Gasteiger partial charge < -0.3 is 0 Å². The molecule has 0 bridgehead atoms. The van der Waals surface area contributed by atoms with Gasteiger partial charge in [0.05, 0.1) is 0 Å². The molecule has 0 saturated carbocycles. The summed E-state index contributed by atoms with van der Waals surface area (Å²) in [7, 11) is 3.88. The van der Waals surface area contributed by atoms with Crippen molar-refractivity contribution in [1.29, 1.82) is 0 Å². The van der Waals surface area contributed by atoms with Crippen molar-refractivity contribution in [3.05, 3.63) is 154 Å². The minimum absolute atomic E-state index is 0.0382. The summed E-state index contributed by atoms with van der Waals surface area (Å²) in [6.07, 6.45) is 2.90. The van der Waals surface area contributed by atoms with Crippen molar-refractivity contribution in [2.24, 2.45) is 24.9 Å². The predicted octanol–water partition coefficient (Wildman–Crippen LogP) is 12.7. The van der Waals surface area contributed by atoms with Gasteiger partial charge in [0.1, 0.15) is 14.1 Å². The summed E-state index contributed by atoms with van der Waals surface area (Å²) < 4.78 is 70.0. The molecule has 0 amide bonds. The van der Waals surface area contributed by atoms with Crippen molar-refractivity contribution in [2.75, 3.05) is 0 Å². The lowest BCUT2D eigenvalue weighted by Crippen LogP contribution is -2.32. The van der Waals surface area contributed by atoms with Crippen LogP contribution in [0.4, 0.5) is 0 Å². The summed E-state index contributed by atoms with van der Waals surface area (Å²) in [5.74, 6) is 0. The van der Waals surface area contributed by atoms with Crippen LogP contribution in [0, 0.1) is 52.2 Å². The van der Waals surface area contributed by atoms with Gasteiger partial charge in [0.2, 0.25) is 11.4 Å². The third kappa shape index (κ3) is 9.83. The minimum atomic E-state index is -2.50. The molecule has 0 aliphatic carbocycles. The number of nitrogens with zero attached hydrogens (tertiary/aromatic N) is 2. The van der Waals surface area contributed by atoms with Gasteiger partial charge in [-0.1, -0.05) is 114 Å². The third-order valence-corrected chi connectivity index (χ3v) is 9.75. The molecule has 0 fully saturated rings. The highest BCUT2D eigenvalue weighted by molar-refractivity contribution is 5.77. The summed E-state index contributed by atoms with van der Waals surface area (Å²) in [5.41, 5.74) is 13.7. The van der Waals surface area contributed by atoms with Crippen LogP contribution in [0.2, 0.25) is 0 Å². The molecule has 0 spiro atoms.